The highest BCUT2D eigenvalue weighted by atomic mass is 35.5. The molecule has 1 N–H and O–H groups in total. The van der Waals surface area contributed by atoms with Crippen LogP contribution in [-0.4, -0.2) is 35.7 Å². The smallest absolute Gasteiger partial charge is 0.206 e. The van der Waals surface area contributed by atoms with Gasteiger partial charge in [0.05, 0.1) is 6.54 Å². The number of thioether (sulfide) groups is 1. The molecule has 0 aliphatic carbocycles. The molecule has 28 heavy (non-hydrogen) atoms. The molecule has 144 valence electrons. The molecule has 0 spiro atoms. The molecule has 2 aromatic carbocycles. The SMILES string of the molecule is O=C(CNc1nnc(SCc2ccc(Cl)cc2)s1)c1ccc2c(c1)OCCO2. The van der Waals surface area contributed by atoms with Crippen LogP contribution in [0.1, 0.15) is 15.9 Å². The second kappa shape index (κ2) is 8.81. The number of benzene rings is 2. The average molecular weight is 434 g/mol. The van der Waals surface area contributed by atoms with Crippen LogP contribution in [0.25, 0.3) is 0 Å². The average Bonchev–Trinajstić information content (AvgIpc) is 3.19. The zero-order chi connectivity index (χ0) is 19.3. The third-order valence-electron chi connectivity index (χ3n) is 3.95. The molecule has 0 atom stereocenters. The Kier molecular flexibility index (Phi) is 5.99. The van der Waals surface area contributed by atoms with E-state index in [4.69, 9.17) is 21.1 Å². The molecule has 1 aliphatic heterocycles. The first-order chi connectivity index (χ1) is 13.7. The molecule has 0 saturated carbocycles. The van der Waals surface area contributed by atoms with E-state index in [0.717, 1.165) is 20.7 Å². The summed E-state index contributed by atoms with van der Waals surface area (Å²) in [4.78, 5) is 12.4. The first-order valence-corrected chi connectivity index (χ1v) is 10.7. The minimum atomic E-state index is -0.0532. The highest BCUT2D eigenvalue weighted by Crippen LogP contribution is 2.31. The Hall–Kier alpha value is -2.29. The molecular weight excluding hydrogens is 418 g/mol. The van der Waals surface area contributed by atoms with Crippen molar-refractivity contribution >= 4 is 45.6 Å². The summed E-state index contributed by atoms with van der Waals surface area (Å²) in [5.41, 5.74) is 1.73. The van der Waals surface area contributed by atoms with Crippen LogP contribution in [0.4, 0.5) is 5.13 Å². The van der Waals surface area contributed by atoms with Crippen molar-refractivity contribution in [2.45, 2.75) is 10.1 Å². The second-order valence-electron chi connectivity index (χ2n) is 5.92. The number of rotatable bonds is 7. The molecule has 0 radical (unpaired) electrons. The van der Waals surface area contributed by atoms with E-state index in [1.165, 1.54) is 11.3 Å². The van der Waals surface area contributed by atoms with Gasteiger partial charge in [0, 0.05) is 16.3 Å². The van der Waals surface area contributed by atoms with Gasteiger partial charge in [-0.05, 0) is 35.9 Å². The molecule has 0 saturated heterocycles. The normalized spacial score (nSPS) is 12.6. The molecule has 9 heteroatoms. The van der Waals surface area contributed by atoms with Gasteiger partial charge in [0.15, 0.2) is 21.6 Å². The lowest BCUT2D eigenvalue weighted by molar-refractivity contribution is 0.100. The van der Waals surface area contributed by atoms with Crippen molar-refractivity contribution < 1.29 is 14.3 Å². The van der Waals surface area contributed by atoms with Crippen molar-refractivity contribution in [2.24, 2.45) is 0 Å². The summed E-state index contributed by atoms with van der Waals surface area (Å²) in [6, 6.07) is 12.9. The molecule has 0 unspecified atom stereocenters. The van der Waals surface area contributed by atoms with E-state index in [-0.39, 0.29) is 12.3 Å². The van der Waals surface area contributed by atoms with Crippen LogP contribution in [0.5, 0.6) is 11.5 Å². The minimum absolute atomic E-state index is 0.0532. The number of anilines is 1. The van der Waals surface area contributed by atoms with Crippen molar-refractivity contribution in [3.8, 4) is 11.5 Å². The van der Waals surface area contributed by atoms with Crippen molar-refractivity contribution in [1.82, 2.24) is 10.2 Å². The number of ketones is 1. The lowest BCUT2D eigenvalue weighted by Gasteiger charge is -2.18. The lowest BCUT2D eigenvalue weighted by Crippen LogP contribution is -2.17. The van der Waals surface area contributed by atoms with E-state index < -0.39 is 0 Å². The minimum Gasteiger partial charge on any atom is -0.486 e. The summed E-state index contributed by atoms with van der Waals surface area (Å²) >= 11 is 8.91. The second-order valence-corrected chi connectivity index (χ2v) is 8.56. The van der Waals surface area contributed by atoms with Gasteiger partial charge in [-0.3, -0.25) is 4.79 Å². The first kappa shape index (κ1) is 19.0. The van der Waals surface area contributed by atoms with Gasteiger partial charge >= 0.3 is 0 Å². The van der Waals surface area contributed by atoms with Crippen molar-refractivity contribution in [2.75, 3.05) is 25.1 Å². The Labute approximate surface area is 175 Å². The van der Waals surface area contributed by atoms with E-state index in [2.05, 4.69) is 15.5 Å². The maximum atomic E-state index is 12.4. The number of halogens is 1. The maximum absolute atomic E-state index is 12.4. The van der Waals surface area contributed by atoms with Crippen LogP contribution in [0, 0.1) is 0 Å². The molecule has 4 rings (SSSR count). The van der Waals surface area contributed by atoms with Gasteiger partial charge in [0.2, 0.25) is 5.13 Å². The van der Waals surface area contributed by atoms with E-state index in [1.807, 2.05) is 24.3 Å². The van der Waals surface area contributed by atoms with E-state index in [0.29, 0.717) is 35.4 Å². The summed E-state index contributed by atoms with van der Waals surface area (Å²) in [5, 5.41) is 12.6. The van der Waals surface area contributed by atoms with Crippen LogP contribution in [-0.2, 0) is 5.75 Å². The number of nitrogens with one attached hydrogen (secondary N) is 1. The first-order valence-electron chi connectivity index (χ1n) is 8.55. The number of hydrogen-bond acceptors (Lipinski definition) is 8. The maximum Gasteiger partial charge on any atom is 0.206 e. The molecule has 6 nitrogen and oxygen atoms in total. The Morgan fingerprint density at radius 1 is 1.11 bits per heavy atom. The Balaban J connectivity index is 1.30. The van der Waals surface area contributed by atoms with Gasteiger partial charge < -0.3 is 14.8 Å². The molecule has 3 aromatic rings. The van der Waals surface area contributed by atoms with Gasteiger partial charge in [-0.1, -0.05) is 46.8 Å². The standard InChI is InChI=1S/C19H16ClN3O3S2/c20-14-4-1-12(2-5-14)11-27-19-23-22-18(28-19)21-10-15(24)13-3-6-16-17(9-13)26-8-7-25-16/h1-6,9H,7-8,10-11H2,(H,21,22). The zero-order valence-electron chi connectivity index (χ0n) is 14.7. The Bertz CT molecular complexity index is 979. The van der Waals surface area contributed by atoms with E-state index in [9.17, 15) is 4.79 Å². The summed E-state index contributed by atoms with van der Waals surface area (Å²) in [6.07, 6.45) is 0. The fourth-order valence-electron chi connectivity index (χ4n) is 2.54. The number of fused-ring (bicyclic) bond motifs is 1. The predicted octanol–water partition coefficient (Wildman–Crippen LogP) is 4.55. The van der Waals surface area contributed by atoms with Gasteiger partial charge in [-0.25, -0.2) is 0 Å². The number of aromatic nitrogens is 2. The van der Waals surface area contributed by atoms with Crippen molar-refractivity contribution in [3.05, 3.63) is 58.6 Å². The van der Waals surface area contributed by atoms with Crippen LogP contribution in [0.15, 0.2) is 46.8 Å². The van der Waals surface area contributed by atoms with Crippen molar-refractivity contribution in [3.63, 3.8) is 0 Å². The summed E-state index contributed by atoms with van der Waals surface area (Å²) in [5.74, 6) is 2.00. The topological polar surface area (TPSA) is 73.3 Å². The number of carbonyl (C=O) groups excluding carboxylic acids is 1. The highest BCUT2D eigenvalue weighted by molar-refractivity contribution is 8.00. The number of hydrogen-bond donors (Lipinski definition) is 1. The highest BCUT2D eigenvalue weighted by Gasteiger charge is 2.15. The molecule has 0 fully saturated rings. The summed E-state index contributed by atoms with van der Waals surface area (Å²) < 4.78 is 11.8. The molecule has 2 heterocycles. The molecule has 1 aliphatic rings. The van der Waals surface area contributed by atoms with E-state index >= 15 is 0 Å². The zero-order valence-corrected chi connectivity index (χ0v) is 17.1. The van der Waals surface area contributed by atoms with Gasteiger partial charge in [0.1, 0.15) is 13.2 Å². The molecule has 0 bridgehead atoms. The molecule has 0 amide bonds. The summed E-state index contributed by atoms with van der Waals surface area (Å²) in [6.45, 7) is 1.15. The largest absolute Gasteiger partial charge is 0.486 e. The van der Waals surface area contributed by atoms with Gasteiger partial charge in [-0.15, -0.1) is 10.2 Å². The number of Topliss-reactive ketones (excluding diaryl/α,β-unsaturated/α-hetero) is 1. The number of ether oxygens (including phenoxy) is 2. The lowest BCUT2D eigenvalue weighted by atomic mass is 10.1. The Morgan fingerprint density at radius 2 is 1.89 bits per heavy atom. The monoisotopic (exact) mass is 433 g/mol. The summed E-state index contributed by atoms with van der Waals surface area (Å²) in [7, 11) is 0. The molecule has 1 aromatic heterocycles. The fourth-order valence-corrected chi connectivity index (χ4v) is 4.37. The fraction of sp³-hybridized carbons (Fsp3) is 0.211. The van der Waals surface area contributed by atoms with Gasteiger partial charge in [-0.2, -0.15) is 0 Å². The third-order valence-corrected chi connectivity index (χ3v) is 6.28. The van der Waals surface area contributed by atoms with Crippen LogP contribution in [0.3, 0.4) is 0 Å². The number of nitrogens with zero attached hydrogens (tertiary/aromatic N) is 2. The van der Waals surface area contributed by atoms with Crippen LogP contribution in [0.2, 0.25) is 5.02 Å². The Morgan fingerprint density at radius 3 is 2.71 bits per heavy atom. The van der Waals surface area contributed by atoms with E-state index in [1.54, 1.807) is 30.0 Å². The predicted molar refractivity (Wildman–Crippen MR) is 111 cm³/mol. The van der Waals surface area contributed by atoms with Crippen molar-refractivity contribution in [1.29, 1.82) is 0 Å². The van der Waals surface area contributed by atoms with Crippen LogP contribution < -0.4 is 14.8 Å². The third kappa shape index (κ3) is 4.76. The molecular formula is C19H16ClN3O3S2. The quantitative estimate of drug-likeness (QED) is 0.432. The number of carbonyl (C=O) groups is 1. The van der Waals surface area contributed by atoms with Crippen LogP contribution >= 0.6 is 34.7 Å². The van der Waals surface area contributed by atoms with Gasteiger partial charge in [0.25, 0.3) is 0 Å².